The number of nitrogens with two attached hydrogens (primary N) is 1. The molecule has 1 aliphatic heterocycles. The van der Waals surface area contributed by atoms with Crippen LogP contribution in [0.1, 0.15) is 48.8 Å². The molecule has 0 saturated carbocycles. The predicted octanol–water partition coefficient (Wildman–Crippen LogP) is 3.63. The number of hydrogen-bond donors (Lipinski definition) is 2. The van der Waals surface area contributed by atoms with E-state index in [-0.39, 0.29) is 29.8 Å². The Hall–Kier alpha value is -4.90. The molecule has 1 aromatic carbocycles. The van der Waals surface area contributed by atoms with Gasteiger partial charge in [-0.1, -0.05) is 20.8 Å². The highest BCUT2D eigenvalue weighted by Gasteiger charge is 2.29. The molecule has 3 aromatic heterocycles. The number of halogens is 2. The van der Waals surface area contributed by atoms with Crippen molar-refractivity contribution >= 4 is 29.0 Å². The summed E-state index contributed by atoms with van der Waals surface area (Å²) in [5, 5.41) is 16.1. The first kappa shape index (κ1) is 30.6. The third kappa shape index (κ3) is 5.96. The number of nitrogens with zero attached hydrogens (tertiary/aromatic N) is 8. The van der Waals surface area contributed by atoms with Gasteiger partial charge >= 0.3 is 0 Å². The van der Waals surface area contributed by atoms with Crippen molar-refractivity contribution in [2.75, 3.05) is 31.5 Å². The van der Waals surface area contributed by atoms with Gasteiger partial charge in [0.2, 0.25) is 5.91 Å². The number of aryl methyl sites for hydroxylation is 1. The van der Waals surface area contributed by atoms with E-state index in [1.54, 1.807) is 32.5 Å². The monoisotopic (exact) mass is 604 g/mol. The number of hydrogen-bond acceptors (Lipinski definition) is 8. The van der Waals surface area contributed by atoms with Crippen LogP contribution in [0, 0.1) is 17.2 Å². The maximum Gasteiger partial charge on any atom is 0.282 e. The van der Waals surface area contributed by atoms with Gasteiger partial charge in [0, 0.05) is 61.6 Å². The van der Waals surface area contributed by atoms with Gasteiger partial charge in [-0.3, -0.25) is 18.7 Å². The Morgan fingerprint density at radius 3 is 2.52 bits per heavy atom. The number of aromatic nitrogens is 5. The molecule has 1 saturated heterocycles. The first-order chi connectivity index (χ1) is 21.1. The second-order valence-electron chi connectivity index (χ2n) is 10.9. The molecule has 3 N–H and O–H groups in total. The van der Waals surface area contributed by atoms with Gasteiger partial charge in [0.25, 0.3) is 12.3 Å². The first-order valence-corrected chi connectivity index (χ1v) is 14.4. The molecule has 2 amide bonds. The van der Waals surface area contributed by atoms with E-state index in [1.165, 1.54) is 23.3 Å². The summed E-state index contributed by atoms with van der Waals surface area (Å²) in [4.78, 5) is 38.4. The number of imidazole rings is 1. The lowest BCUT2D eigenvalue weighted by Gasteiger charge is -2.36. The molecular formula is C30H34F2N10O2. The molecule has 0 spiro atoms. The molecule has 4 heterocycles. The summed E-state index contributed by atoms with van der Waals surface area (Å²) in [7, 11) is 0. The Balaban J connectivity index is 1.34. The van der Waals surface area contributed by atoms with Crippen LogP contribution in [0.25, 0.3) is 16.9 Å². The smallest absolute Gasteiger partial charge is 0.282 e. The molecule has 12 nitrogen and oxygen atoms in total. The highest BCUT2D eigenvalue weighted by atomic mass is 19.3. The minimum atomic E-state index is -2.84. The van der Waals surface area contributed by atoms with E-state index in [2.05, 4.69) is 20.4 Å². The van der Waals surface area contributed by atoms with Crippen LogP contribution in [-0.4, -0.2) is 78.0 Å². The van der Waals surface area contributed by atoms with Crippen molar-refractivity contribution in [1.82, 2.24) is 33.9 Å². The molecule has 1 aliphatic rings. The summed E-state index contributed by atoms with van der Waals surface area (Å²) in [6, 6.07) is 6.78. The zero-order chi connectivity index (χ0) is 31.5. The van der Waals surface area contributed by atoms with E-state index in [0.29, 0.717) is 61.0 Å². The fourth-order valence-corrected chi connectivity index (χ4v) is 5.26. The van der Waals surface area contributed by atoms with Crippen molar-refractivity contribution in [3.05, 3.63) is 59.8 Å². The SMILES string of the molecule is CCc1cc(Nc2nccn3c(-c4cn(CC#N)nc4C(F)F)cnc23)ccc1C(=O)N1CCN(C(=O)C(N)C(C)C)CC1. The molecule has 230 valence electrons. The molecule has 0 radical (unpaired) electrons. The number of fused-ring (bicyclic) bond motifs is 1. The Bertz CT molecular complexity index is 1720. The Morgan fingerprint density at radius 2 is 1.86 bits per heavy atom. The van der Waals surface area contributed by atoms with Crippen LogP contribution in [0.5, 0.6) is 0 Å². The van der Waals surface area contributed by atoms with Crippen molar-refractivity contribution in [3.8, 4) is 17.3 Å². The largest absolute Gasteiger partial charge is 0.338 e. The first-order valence-electron chi connectivity index (χ1n) is 14.4. The van der Waals surface area contributed by atoms with E-state index in [0.717, 1.165) is 5.56 Å². The van der Waals surface area contributed by atoms with Crippen LogP contribution >= 0.6 is 0 Å². The lowest BCUT2D eigenvalue weighted by Crippen LogP contribution is -2.55. The van der Waals surface area contributed by atoms with E-state index >= 15 is 0 Å². The number of carbonyl (C=O) groups excluding carboxylic acids is 2. The number of piperazine rings is 1. The lowest BCUT2D eigenvalue weighted by molar-refractivity contribution is -0.135. The van der Waals surface area contributed by atoms with Crippen molar-refractivity contribution in [2.24, 2.45) is 11.7 Å². The Kier molecular flexibility index (Phi) is 8.86. The number of anilines is 2. The number of nitriles is 1. The second kappa shape index (κ2) is 12.8. The van der Waals surface area contributed by atoms with Gasteiger partial charge in [0.1, 0.15) is 12.2 Å². The number of amides is 2. The summed E-state index contributed by atoms with van der Waals surface area (Å²) in [6.45, 7) is 7.36. The number of carbonyl (C=O) groups is 2. The summed E-state index contributed by atoms with van der Waals surface area (Å²) < 4.78 is 30.3. The minimum absolute atomic E-state index is 0.0396. The molecule has 1 atom stereocenters. The maximum absolute atomic E-state index is 13.8. The van der Waals surface area contributed by atoms with Crippen molar-refractivity contribution in [2.45, 2.75) is 46.2 Å². The van der Waals surface area contributed by atoms with Gasteiger partial charge in [0.05, 0.1) is 24.0 Å². The normalized spacial score (nSPS) is 14.3. The van der Waals surface area contributed by atoms with E-state index in [4.69, 9.17) is 11.0 Å². The number of rotatable bonds is 9. The quantitative estimate of drug-likeness (QED) is 0.294. The fraction of sp³-hybridized carbons (Fsp3) is 0.400. The van der Waals surface area contributed by atoms with Crippen LogP contribution in [-0.2, 0) is 17.8 Å². The Labute approximate surface area is 253 Å². The summed E-state index contributed by atoms with van der Waals surface area (Å²) in [5.74, 6) is 0.244. The third-order valence-corrected chi connectivity index (χ3v) is 7.79. The van der Waals surface area contributed by atoms with Crippen molar-refractivity contribution in [3.63, 3.8) is 0 Å². The average molecular weight is 605 g/mol. The molecule has 5 rings (SSSR count). The standard InChI is InChI=1S/C30H34F2N10O2/c1-4-19-15-20(5-6-21(19)29(43)39-11-13-40(14-12-39)30(44)24(34)18(2)3)37-27-28-36-16-23(42(28)10-8-35-27)22-17-41(9-7-33)38-25(22)26(31)32/h5-6,8,10,15-18,24,26H,4,9,11-14,34H2,1-3H3,(H,35,37). The molecule has 44 heavy (non-hydrogen) atoms. The second-order valence-corrected chi connectivity index (χ2v) is 10.9. The predicted molar refractivity (Wildman–Crippen MR) is 159 cm³/mol. The zero-order valence-corrected chi connectivity index (χ0v) is 24.7. The summed E-state index contributed by atoms with van der Waals surface area (Å²) >= 11 is 0. The zero-order valence-electron chi connectivity index (χ0n) is 24.7. The topological polar surface area (TPSA) is 150 Å². The van der Waals surface area contributed by atoms with Crippen LogP contribution in [0.4, 0.5) is 20.3 Å². The van der Waals surface area contributed by atoms with Crippen molar-refractivity contribution in [1.29, 1.82) is 5.26 Å². The molecule has 1 fully saturated rings. The highest BCUT2D eigenvalue weighted by molar-refractivity contribution is 5.96. The molecular weight excluding hydrogens is 570 g/mol. The van der Waals surface area contributed by atoms with Gasteiger partial charge in [-0.15, -0.1) is 0 Å². The molecule has 0 bridgehead atoms. The summed E-state index contributed by atoms with van der Waals surface area (Å²) in [6.07, 6.45) is 3.78. The molecule has 4 aromatic rings. The molecule has 1 unspecified atom stereocenters. The molecule has 0 aliphatic carbocycles. The van der Waals surface area contributed by atoms with E-state index in [1.807, 2.05) is 32.9 Å². The van der Waals surface area contributed by atoms with Crippen LogP contribution in [0.15, 0.2) is 43.0 Å². The van der Waals surface area contributed by atoms with Crippen molar-refractivity contribution < 1.29 is 18.4 Å². The summed E-state index contributed by atoms with van der Waals surface area (Å²) in [5.41, 5.74) is 8.66. The van der Waals surface area contributed by atoms with Gasteiger partial charge in [-0.05, 0) is 36.1 Å². The Morgan fingerprint density at radius 1 is 1.14 bits per heavy atom. The van der Waals surface area contributed by atoms with Crippen LogP contribution in [0.2, 0.25) is 0 Å². The van der Waals surface area contributed by atoms with E-state index < -0.39 is 18.2 Å². The molecule has 14 heteroatoms. The van der Waals surface area contributed by atoms with Gasteiger partial charge in [-0.2, -0.15) is 10.4 Å². The highest BCUT2D eigenvalue weighted by Crippen LogP contribution is 2.32. The fourth-order valence-electron chi connectivity index (χ4n) is 5.26. The lowest BCUT2D eigenvalue weighted by atomic mass is 10.0. The van der Waals surface area contributed by atoms with Crippen LogP contribution < -0.4 is 11.1 Å². The van der Waals surface area contributed by atoms with Gasteiger partial charge in [-0.25, -0.2) is 18.7 Å². The van der Waals surface area contributed by atoms with E-state index in [9.17, 15) is 18.4 Å². The number of benzene rings is 1. The van der Waals surface area contributed by atoms with Gasteiger partial charge in [0.15, 0.2) is 11.5 Å². The minimum Gasteiger partial charge on any atom is -0.338 e. The third-order valence-electron chi connectivity index (χ3n) is 7.79. The number of alkyl halides is 2. The van der Waals surface area contributed by atoms with Gasteiger partial charge < -0.3 is 20.9 Å². The maximum atomic E-state index is 13.8. The average Bonchev–Trinajstić information content (AvgIpc) is 3.65. The number of nitrogens with one attached hydrogen (secondary N) is 1. The van der Waals surface area contributed by atoms with Crippen LogP contribution in [0.3, 0.4) is 0 Å².